The van der Waals surface area contributed by atoms with Gasteiger partial charge in [0, 0.05) is 11.0 Å². The van der Waals surface area contributed by atoms with Gasteiger partial charge in [-0.1, -0.05) is 42.5 Å². The molecule has 5 nitrogen and oxygen atoms in total. The van der Waals surface area contributed by atoms with E-state index in [1.54, 1.807) is 12.1 Å². The Bertz CT molecular complexity index is 809. The summed E-state index contributed by atoms with van der Waals surface area (Å²) in [5.41, 5.74) is 0.854. The van der Waals surface area contributed by atoms with E-state index >= 15 is 0 Å². The molecule has 0 aliphatic heterocycles. The monoisotopic (exact) mass is 297 g/mol. The summed E-state index contributed by atoms with van der Waals surface area (Å²) >= 11 is 0. The molecule has 2 aromatic carbocycles. The molecule has 0 amide bonds. The zero-order valence-corrected chi connectivity index (χ0v) is 12.1. The van der Waals surface area contributed by atoms with Crippen molar-refractivity contribution < 1.29 is 14.1 Å². The Kier molecular flexibility index (Phi) is 3.78. The van der Waals surface area contributed by atoms with Gasteiger partial charge in [-0.15, -0.1) is 0 Å². The molecule has 1 atom stereocenters. The minimum Gasteiger partial charge on any atom is -0.468 e. The van der Waals surface area contributed by atoms with Gasteiger partial charge in [0.1, 0.15) is 11.7 Å². The third kappa shape index (κ3) is 2.79. The van der Waals surface area contributed by atoms with E-state index in [0.717, 1.165) is 16.3 Å². The van der Waals surface area contributed by atoms with Gasteiger partial charge in [-0.3, -0.25) is 10.1 Å². The van der Waals surface area contributed by atoms with Gasteiger partial charge in [0.2, 0.25) is 6.54 Å². The second-order valence-corrected chi connectivity index (χ2v) is 5.04. The van der Waals surface area contributed by atoms with Gasteiger partial charge in [-0.25, -0.2) is 0 Å². The molecule has 112 valence electrons. The lowest BCUT2D eigenvalue weighted by molar-refractivity contribution is -0.482. The van der Waals surface area contributed by atoms with Crippen molar-refractivity contribution in [1.29, 1.82) is 0 Å². The van der Waals surface area contributed by atoms with Crippen LogP contribution in [0.25, 0.3) is 10.8 Å². The zero-order chi connectivity index (χ0) is 15.5. The largest absolute Gasteiger partial charge is 0.468 e. The Morgan fingerprint density at radius 1 is 1.14 bits per heavy atom. The number of hydrogen-bond acceptors (Lipinski definition) is 4. The Morgan fingerprint density at radius 3 is 2.59 bits per heavy atom. The van der Waals surface area contributed by atoms with E-state index in [9.17, 15) is 10.1 Å². The van der Waals surface area contributed by atoms with Crippen molar-refractivity contribution in [3.8, 4) is 5.95 Å². The number of fused-ring (bicyclic) bond motifs is 1. The molecule has 0 spiro atoms. The lowest BCUT2D eigenvalue weighted by Gasteiger charge is -2.12. The van der Waals surface area contributed by atoms with E-state index in [4.69, 9.17) is 9.15 Å². The quantitative estimate of drug-likeness (QED) is 0.530. The van der Waals surface area contributed by atoms with E-state index in [-0.39, 0.29) is 11.5 Å². The Labute approximate surface area is 127 Å². The summed E-state index contributed by atoms with van der Waals surface area (Å²) < 4.78 is 10.6. The van der Waals surface area contributed by atoms with E-state index in [0.29, 0.717) is 11.7 Å². The van der Waals surface area contributed by atoms with E-state index in [2.05, 4.69) is 0 Å². The summed E-state index contributed by atoms with van der Waals surface area (Å²) in [6, 6.07) is 17.2. The summed E-state index contributed by atoms with van der Waals surface area (Å²) in [5.74, 6) is 0.441. The first-order valence-corrected chi connectivity index (χ1v) is 6.91. The third-order valence-corrected chi connectivity index (χ3v) is 3.65. The van der Waals surface area contributed by atoms with Crippen molar-refractivity contribution in [2.45, 2.75) is 5.92 Å². The molecule has 0 aliphatic carbocycles. The molecule has 0 saturated carbocycles. The molecule has 0 saturated heterocycles. The highest BCUT2D eigenvalue weighted by molar-refractivity contribution is 5.83. The maximum atomic E-state index is 11.0. The molecule has 1 unspecified atom stereocenters. The molecule has 1 aromatic heterocycles. The fraction of sp³-hybridized carbons (Fsp3) is 0.176. The van der Waals surface area contributed by atoms with Crippen LogP contribution in [0.3, 0.4) is 0 Å². The van der Waals surface area contributed by atoms with Gasteiger partial charge in [-0.2, -0.15) is 0 Å². The topological polar surface area (TPSA) is 65.5 Å². The Morgan fingerprint density at radius 2 is 1.91 bits per heavy atom. The lowest BCUT2D eigenvalue weighted by Crippen LogP contribution is -2.13. The van der Waals surface area contributed by atoms with Gasteiger partial charge in [0.05, 0.1) is 7.11 Å². The number of furan rings is 1. The molecule has 5 heteroatoms. The summed E-state index contributed by atoms with van der Waals surface area (Å²) in [7, 11) is 1.50. The van der Waals surface area contributed by atoms with E-state index in [1.165, 1.54) is 7.11 Å². The zero-order valence-electron chi connectivity index (χ0n) is 12.1. The summed E-state index contributed by atoms with van der Waals surface area (Å²) in [4.78, 5) is 10.7. The highest BCUT2D eigenvalue weighted by Crippen LogP contribution is 2.31. The number of nitrogens with zero attached hydrogens (tertiary/aromatic N) is 1. The molecule has 1 heterocycles. The smallest absolute Gasteiger partial charge is 0.284 e. The van der Waals surface area contributed by atoms with Gasteiger partial charge in [0.25, 0.3) is 5.95 Å². The van der Waals surface area contributed by atoms with Crippen LogP contribution in [0.4, 0.5) is 0 Å². The number of nitro groups is 1. The molecule has 22 heavy (non-hydrogen) atoms. The van der Waals surface area contributed by atoms with Gasteiger partial charge in [-0.05, 0) is 22.4 Å². The Hall–Kier alpha value is -2.82. The van der Waals surface area contributed by atoms with Crippen LogP contribution in [0.2, 0.25) is 0 Å². The first-order valence-electron chi connectivity index (χ1n) is 6.91. The van der Waals surface area contributed by atoms with Crippen molar-refractivity contribution >= 4 is 10.8 Å². The van der Waals surface area contributed by atoms with E-state index in [1.807, 2.05) is 42.5 Å². The molecule has 0 aliphatic rings. The average molecular weight is 297 g/mol. The second-order valence-electron chi connectivity index (χ2n) is 5.04. The fourth-order valence-corrected chi connectivity index (χ4v) is 2.56. The minimum absolute atomic E-state index is 0.227. The maximum Gasteiger partial charge on any atom is 0.284 e. The van der Waals surface area contributed by atoms with Crippen LogP contribution in [0.1, 0.15) is 17.2 Å². The molecule has 0 radical (unpaired) electrons. The molecular weight excluding hydrogens is 282 g/mol. The molecule has 0 N–H and O–H groups in total. The summed E-state index contributed by atoms with van der Waals surface area (Å²) in [6.07, 6.45) is 0. The SMILES string of the molecule is COc1ccc(C(C[N+](=O)[O-])c2ccc3ccccc3c2)o1. The average Bonchev–Trinajstić information content (AvgIpc) is 3.01. The van der Waals surface area contributed by atoms with Crippen molar-refractivity contribution in [3.63, 3.8) is 0 Å². The summed E-state index contributed by atoms with van der Waals surface area (Å²) in [5, 5.41) is 13.2. The van der Waals surface area contributed by atoms with Crippen LogP contribution in [0.15, 0.2) is 59.0 Å². The minimum atomic E-state index is -0.441. The standard InChI is InChI=1S/C17H15NO4/c1-21-17-9-8-16(22-17)15(11-18(19)20)14-7-6-12-4-2-3-5-13(12)10-14/h2-10,15H,11H2,1H3. The third-order valence-electron chi connectivity index (χ3n) is 3.65. The van der Waals surface area contributed by atoms with Crippen LogP contribution < -0.4 is 4.74 Å². The predicted molar refractivity (Wildman–Crippen MR) is 82.9 cm³/mol. The predicted octanol–water partition coefficient (Wildman–Crippen LogP) is 3.85. The van der Waals surface area contributed by atoms with Crippen molar-refractivity contribution in [3.05, 3.63) is 76.0 Å². The number of ether oxygens (including phenoxy) is 1. The van der Waals surface area contributed by atoms with Crippen molar-refractivity contribution in [1.82, 2.24) is 0 Å². The maximum absolute atomic E-state index is 11.0. The first kappa shape index (κ1) is 14.1. The van der Waals surface area contributed by atoms with Crippen LogP contribution in [-0.4, -0.2) is 18.6 Å². The van der Waals surface area contributed by atoms with Crippen LogP contribution in [0.5, 0.6) is 5.95 Å². The van der Waals surface area contributed by atoms with Crippen molar-refractivity contribution in [2.24, 2.45) is 0 Å². The van der Waals surface area contributed by atoms with Gasteiger partial charge < -0.3 is 9.15 Å². The fourth-order valence-electron chi connectivity index (χ4n) is 2.56. The number of rotatable bonds is 5. The molecule has 0 bridgehead atoms. The molecule has 3 rings (SSSR count). The molecule has 0 fully saturated rings. The van der Waals surface area contributed by atoms with Gasteiger partial charge >= 0.3 is 0 Å². The summed E-state index contributed by atoms with van der Waals surface area (Å²) in [6.45, 7) is -0.227. The number of methoxy groups -OCH3 is 1. The highest BCUT2D eigenvalue weighted by Gasteiger charge is 2.24. The second kappa shape index (κ2) is 5.89. The van der Waals surface area contributed by atoms with E-state index < -0.39 is 5.92 Å². The number of hydrogen-bond donors (Lipinski definition) is 0. The first-order chi connectivity index (χ1) is 10.7. The number of benzene rings is 2. The molecule has 3 aromatic rings. The van der Waals surface area contributed by atoms with Crippen LogP contribution in [-0.2, 0) is 0 Å². The molecular formula is C17H15NO4. The van der Waals surface area contributed by atoms with Crippen LogP contribution in [0, 0.1) is 10.1 Å². The van der Waals surface area contributed by atoms with Crippen LogP contribution >= 0.6 is 0 Å². The highest BCUT2D eigenvalue weighted by atomic mass is 16.6. The normalized spacial score (nSPS) is 12.2. The van der Waals surface area contributed by atoms with Gasteiger partial charge in [0.15, 0.2) is 0 Å². The lowest BCUT2D eigenvalue weighted by atomic mass is 9.94. The Balaban J connectivity index is 2.04. The van der Waals surface area contributed by atoms with Crippen molar-refractivity contribution in [2.75, 3.05) is 13.7 Å².